The molecule has 25 heavy (non-hydrogen) atoms. The average molecular weight is 335 g/mol. The highest BCUT2D eigenvalue weighted by Crippen LogP contribution is 2.26. The van der Waals surface area contributed by atoms with Crippen molar-refractivity contribution < 1.29 is 4.74 Å². The Morgan fingerprint density at radius 2 is 1.76 bits per heavy atom. The van der Waals surface area contributed by atoms with Crippen molar-refractivity contribution in [3.05, 3.63) is 60.3 Å². The molecule has 0 unspecified atom stereocenters. The summed E-state index contributed by atoms with van der Waals surface area (Å²) in [6, 6.07) is 16.7. The van der Waals surface area contributed by atoms with Gasteiger partial charge in [-0.3, -0.25) is 9.58 Å². The van der Waals surface area contributed by atoms with Crippen molar-refractivity contribution in [2.45, 2.75) is 25.8 Å². The van der Waals surface area contributed by atoms with Gasteiger partial charge in [-0.2, -0.15) is 5.10 Å². The lowest BCUT2D eigenvalue weighted by atomic mass is 10.1. The summed E-state index contributed by atoms with van der Waals surface area (Å²) in [4.78, 5) is 2.50. The lowest BCUT2D eigenvalue weighted by molar-refractivity contribution is 0.184. The Kier molecular flexibility index (Phi) is 4.98. The molecule has 0 spiro atoms. The van der Waals surface area contributed by atoms with Gasteiger partial charge in [-0.05, 0) is 43.6 Å². The number of aromatic nitrogens is 2. The Balaban J connectivity index is 1.45. The van der Waals surface area contributed by atoms with Crippen LogP contribution in [0.3, 0.4) is 0 Å². The summed E-state index contributed by atoms with van der Waals surface area (Å²) in [6.07, 6.45) is 5.94. The highest BCUT2D eigenvalue weighted by Gasteiger charge is 2.11. The van der Waals surface area contributed by atoms with Crippen molar-refractivity contribution in [3.8, 4) is 5.75 Å². The van der Waals surface area contributed by atoms with Crippen LogP contribution in [-0.2, 0) is 6.54 Å². The van der Waals surface area contributed by atoms with E-state index < -0.39 is 0 Å². The van der Waals surface area contributed by atoms with Gasteiger partial charge in [0, 0.05) is 6.54 Å². The molecule has 3 aromatic rings. The Labute approximate surface area is 149 Å². The van der Waals surface area contributed by atoms with Gasteiger partial charge in [0.2, 0.25) is 0 Å². The normalized spacial score (nSPS) is 15.5. The largest absolute Gasteiger partial charge is 0.491 e. The van der Waals surface area contributed by atoms with E-state index in [2.05, 4.69) is 46.4 Å². The molecule has 1 saturated heterocycles. The van der Waals surface area contributed by atoms with Gasteiger partial charge in [0.1, 0.15) is 12.4 Å². The van der Waals surface area contributed by atoms with Crippen molar-refractivity contribution in [3.63, 3.8) is 0 Å². The monoisotopic (exact) mass is 335 g/mol. The molecule has 1 fully saturated rings. The first-order chi connectivity index (χ1) is 12.4. The number of hydrogen-bond acceptors (Lipinski definition) is 3. The first kappa shape index (κ1) is 16.2. The minimum Gasteiger partial charge on any atom is -0.491 e. The summed E-state index contributed by atoms with van der Waals surface area (Å²) in [5, 5.41) is 5.67. The molecule has 0 atom stereocenters. The Morgan fingerprint density at radius 3 is 2.60 bits per heavy atom. The van der Waals surface area contributed by atoms with Gasteiger partial charge in [0.15, 0.2) is 0 Å². The van der Waals surface area contributed by atoms with Crippen molar-refractivity contribution in [1.29, 1.82) is 0 Å². The molecule has 0 N–H and O–H groups in total. The Morgan fingerprint density at radius 1 is 0.920 bits per heavy atom. The van der Waals surface area contributed by atoms with E-state index in [1.807, 2.05) is 23.0 Å². The molecule has 1 aliphatic rings. The molecule has 130 valence electrons. The van der Waals surface area contributed by atoms with Crippen LogP contribution in [0, 0.1) is 0 Å². The van der Waals surface area contributed by atoms with Gasteiger partial charge in [-0.15, -0.1) is 0 Å². The minimum absolute atomic E-state index is 0.739. The highest BCUT2D eigenvalue weighted by molar-refractivity contribution is 5.85. The summed E-state index contributed by atoms with van der Waals surface area (Å²) in [5.41, 5.74) is 2.38. The molecule has 1 aromatic heterocycles. The predicted octanol–water partition coefficient (Wildman–Crippen LogP) is 3.95. The first-order valence-electron chi connectivity index (χ1n) is 9.24. The van der Waals surface area contributed by atoms with Crippen LogP contribution >= 0.6 is 0 Å². The molecule has 4 heteroatoms. The van der Waals surface area contributed by atoms with Gasteiger partial charge in [-0.25, -0.2) is 0 Å². The van der Waals surface area contributed by atoms with E-state index in [0.717, 1.165) is 36.3 Å². The maximum Gasteiger partial charge on any atom is 0.130 e. The van der Waals surface area contributed by atoms with Crippen molar-refractivity contribution in [2.75, 3.05) is 26.2 Å². The van der Waals surface area contributed by atoms with E-state index in [1.54, 1.807) is 0 Å². The van der Waals surface area contributed by atoms with Crippen LogP contribution < -0.4 is 4.74 Å². The number of nitrogens with zero attached hydrogens (tertiary/aromatic N) is 3. The van der Waals surface area contributed by atoms with Crippen LogP contribution in [0.25, 0.3) is 10.9 Å². The molecule has 4 nitrogen and oxygen atoms in total. The molecule has 0 amide bonds. The third-order valence-corrected chi connectivity index (χ3v) is 4.94. The summed E-state index contributed by atoms with van der Waals surface area (Å²) in [5.74, 6) is 0.939. The topological polar surface area (TPSA) is 30.3 Å². The second kappa shape index (κ2) is 7.70. The maximum absolute atomic E-state index is 6.09. The molecule has 1 aliphatic heterocycles. The van der Waals surface area contributed by atoms with E-state index in [4.69, 9.17) is 4.74 Å². The maximum atomic E-state index is 6.09. The molecule has 0 saturated carbocycles. The fraction of sp³-hybridized carbons (Fsp3) is 0.381. The average Bonchev–Trinajstić information content (AvgIpc) is 3.07. The Bertz CT molecular complexity index is 806. The summed E-state index contributed by atoms with van der Waals surface area (Å²) >= 11 is 0. The van der Waals surface area contributed by atoms with Crippen LogP contribution in [0.15, 0.2) is 54.7 Å². The molecule has 0 radical (unpaired) electrons. The molecule has 4 rings (SSSR count). The summed E-state index contributed by atoms with van der Waals surface area (Å²) < 4.78 is 8.13. The van der Waals surface area contributed by atoms with Crippen molar-refractivity contribution in [1.82, 2.24) is 14.7 Å². The van der Waals surface area contributed by atoms with Gasteiger partial charge >= 0.3 is 0 Å². The number of hydrogen-bond donors (Lipinski definition) is 0. The summed E-state index contributed by atoms with van der Waals surface area (Å²) in [7, 11) is 0. The van der Waals surface area contributed by atoms with E-state index in [9.17, 15) is 0 Å². The van der Waals surface area contributed by atoms with Gasteiger partial charge in [0.05, 0.1) is 23.6 Å². The second-order valence-corrected chi connectivity index (χ2v) is 6.73. The highest BCUT2D eigenvalue weighted by atomic mass is 16.5. The number of rotatable bonds is 6. The molecule has 2 heterocycles. The molecular formula is C21H25N3O. The van der Waals surface area contributed by atoms with Crippen LogP contribution in [-0.4, -0.2) is 40.9 Å². The molecular weight excluding hydrogens is 310 g/mol. The SMILES string of the molecule is c1ccc(Cn2ncc3c(OCCN4CCCCC4)cccc32)cc1. The number of ether oxygens (including phenoxy) is 1. The molecule has 0 aliphatic carbocycles. The van der Waals surface area contributed by atoms with E-state index in [1.165, 1.54) is 37.9 Å². The zero-order valence-electron chi connectivity index (χ0n) is 14.6. The quantitative estimate of drug-likeness (QED) is 0.683. The van der Waals surface area contributed by atoms with Crippen LogP contribution in [0.2, 0.25) is 0 Å². The fourth-order valence-electron chi connectivity index (χ4n) is 3.55. The number of piperidine rings is 1. The Hall–Kier alpha value is -2.33. The third-order valence-electron chi connectivity index (χ3n) is 4.94. The van der Waals surface area contributed by atoms with Gasteiger partial charge in [-0.1, -0.05) is 42.8 Å². The number of fused-ring (bicyclic) bond motifs is 1. The lowest BCUT2D eigenvalue weighted by Crippen LogP contribution is -2.33. The third kappa shape index (κ3) is 3.85. The molecule has 0 bridgehead atoms. The van der Waals surface area contributed by atoms with Gasteiger partial charge < -0.3 is 4.74 Å². The zero-order chi connectivity index (χ0) is 16.9. The van der Waals surface area contributed by atoms with Crippen LogP contribution in [0.5, 0.6) is 5.75 Å². The zero-order valence-corrected chi connectivity index (χ0v) is 14.6. The van der Waals surface area contributed by atoms with Crippen molar-refractivity contribution >= 4 is 10.9 Å². The number of benzene rings is 2. The second-order valence-electron chi connectivity index (χ2n) is 6.73. The molecule has 2 aromatic carbocycles. The fourth-order valence-corrected chi connectivity index (χ4v) is 3.55. The lowest BCUT2D eigenvalue weighted by Gasteiger charge is -2.26. The van der Waals surface area contributed by atoms with Crippen LogP contribution in [0.1, 0.15) is 24.8 Å². The number of likely N-dealkylation sites (tertiary alicyclic amines) is 1. The van der Waals surface area contributed by atoms with E-state index in [-0.39, 0.29) is 0 Å². The van der Waals surface area contributed by atoms with Gasteiger partial charge in [0.25, 0.3) is 0 Å². The predicted molar refractivity (Wildman–Crippen MR) is 101 cm³/mol. The standard InChI is InChI=1S/C21H25N3O/c1-3-8-18(9-4-1)17-24-20-10-7-11-21(19(20)16-22-24)25-15-14-23-12-5-2-6-13-23/h1,3-4,7-11,16H,2,5-6,12-15,17H2. The first-order valence-corrected chi connectivity index (χ1v) is 9.24. The minimum atomic E-state index is 0.739. The van der Waals surface area contributed by atoms with E-state index >= 15 is 0 Å². The van der Waals surface area contributed by atoms with Crippen LogP contribution in [0.4, 0.5) is 0 Å². The summed E-state index contributed by atoms with van der Waals surface area (Å²) in [6.45, 7) is 4.95. The van der Waals surface area contributed by atoms with Crippen molar-refractivity contribution in [2.24, 2.45) is 0 Å². The van der Waals surface area contributed by atoms with E-state index in [0.29, 0.717) is 0 Å². The smallest absolute Gasteiger partial charge is 0.130 e.